The lowest BCUT2D eigenvalue weighted by Crippen LogP contribution is -2.15. The number of hydrogen-bond donors (Lipinski definition) is 1. The van der Waals surface area contributed by atoms with Crippen molar-refractivity contribution >= 4 is 12.4 Å². The van der Waals surface area contributed by atoms with Gasteiger partial charge >= 0.3 is 6.18 Å². The molecule has 0 heterocycles. The summed E-state index contributed by atoms with van der Waals surface area (Å²) in [6.45, 7) is -0.00493. The van der Waals surface area contributed by atoms with Crippen LogP contribution in [0.2, 0.25) is 0 Å². The zero-order chi connectivity index (χ0) is 12.3. The molecule has 0 spiro atoms. The molecule has 86 valence electrons. The van der Waals surface area contributed by atoms with Crippen LogP contribution in [0.5, 0.6) is 5.75 Å². The van der Waals surface area contributed by atoms with Crippen LogP contribution < -0.4 is 10.5 Å². The highest BCUT2D eigenvalue weighted by Crippen LogP contribution is 2.32. The monoisotopic (exact) mass is 233 g/mol. The van der Waals surface area contributed by atoms with Gasteiger partial charge in [0.15, 0.2) is 0 Å². The largest absolute Gasteiger partial charge is 0.428 e. The maximum absolute atomic E-state index is 12.3. The van der Waals surface area contributed by atoms with Crippen LogP contribution in [0.4, 0.5) is 13.2 Å². The van der Waals surface area contributed by atoms with E-state index in [1.54, 1.807) is 0 Å². The van der Waals surface area contributed by atoms with Crippen LogP contribution >= 0.6 is 0 Å². The third-order valence-electron chi connectivity index (χ3n) is 1.75. The van der Waals surface area contributed by atoms with Gasteiger partial charge in [-0.25, -0.2) is 0 Å². The summed E-state index contributed by atoms with van der Waals surface area (Å²) in [6.07, 6.45) is -4.59. The minimum atomic E-state index is -4.59. The van der Waals surface area contributed by atoms with Crippen molar-refractivity contribution in [2.45, 2.75) is 6.18 Å². The molecule has 0 aliphatic carbocycles. The molecule has 0 aliphatic heterocycles. The standard InChI is InChI=1S/C9H6F3NO3/c10-9(11,12)5-1-2-7(16-4-14)6(3-5)8(13)15/h1-4H,(H2,13,15). The Labute approximate surface area is 87.8 Å². The van der Waals surface area contributed by atoms with Crippen molar-refractivity contribution in [2.24, 2.45) is 5.73 Å². The lowest BCUT2D eigenvalue weighted by atomic mass is 10.1. The van der Waals surface area contributed by atoms with Crippen molar-refractivity contribution in [2.75, 3.05) is 0 Å². The summed E-state index contributed by atoms with van der Waals surface area (Å²) in [6, 6.07) is 2.07. The first kappa shape index (κ1) is 12.0. The Hall–Kier alpha value is -2.05. The number of ether oxygens (including phenoxy) is 1. The number of rotatable bonds is 3. The van der Waals surface area contributed by atoms with Crippen molar-refractivity contribution in [3.63, 3.8) is 0 Å². The summed E-state index contributed by atoms with van der Waals surface area (Å²) in [7, 11) is 0. The molecule has 0 unspecified atom stereocenters. The van der Waals surface area contributed by atoms with Gasteiger partial charge in [0.1, 0.15) is 5.75 Å². The van der Waals surface area contributed by atoms with Gasteiger partial charge in [-0.2, -0.15) is 13.2 Å². The average Bonchev–Trinajstić information content (AvgIpc) is 2.16. The van der Waals surface area contributed by atoms with E-state index in [1.165, 1.54) is 0 Å². The molecule has 0 fully saturated rings. The molecule has 16 heavy (non-hydrogen) atoms. The fourth-order valence-electron chi connectivity index (χ4n) is 1.05. The van der Waals surface area contributed by atoms with Gasteiger partial charge in [-0.15, -0.1) is 0 Å². The topological polar surface area (TPSA) is 69.4 Å². The zero-order valence-electron chi connectivity index (χ0n) is 7.75. The van der Waals surface area contributed by atoms with Gasteiger partial charge in [-0.1, -0.05) is 0 Å². The second-order valence-electron chi connectivity index (χ2n) is 2.79. The van der Waals surface area contributed by atoms with Crippen LogP contribution in [-0.4, -0.2) is 12.4 Å². The Morgan fingerprint density at radius 2 is 2.00 bits per heavy atom. The smallest absolute Gasteiger partial charge is 0.416 e. The van der Waals surface area contributed by atoms with Crippen molar-refractivity contribution < 1.29 is 27.5 Å². The van der Waals surface area contributed by atoms with Gasteiger partial charge in [-0.05, 0) is 18.2 Å². The lowest BCUT2D eigenvalue weighted by molar-refractivity contribution is -0.137. The third-order valence-corrected chi connectivity index (χ3v) is 1.75. The van der Waals surface area contributed by atoms with Crippen molar-refractivity contribution in [1.82, 2.24) is 0 Å². The predicted molar refractivity (Wildman–Crippen MR) is 46.7 cm³/mol. The summed E-state index contributed by atoms with van der Waals surface area (Å²) in [4.78, 5) is 20.9. The minimum absolute atomic E-state index is 0.00493. The fraction of sp³-hybridized carbons (Fsp3) is 0.111. The van der Waals surface area contributed by atoms with E-state index in [9.17, 15) is 22.8 Å². The van der Waals surface area contributed by atoms with E-state index in [1.807, 2.05) is 0 Å². The highest BCUT2D eigenvalue weighted by molar-refractivity contribution is 5.96. The van der Waals surface area contributed by atoms with Gasteiger partial charge in [0.25, 0.3) is 12.4 Å². The summed E-state index contributed by atoms with van der Waals surface area (Å²) in [5, 5.41) is 0. The van der Waals surface area contributed by atoms with Crippen LogP contribution in [0.25, 0.3) is 0 Å². The quantitative estimate of drug-likeness (QED) is 0.801. The van der Waals surface area contributed by atoms with E-state index in [0.29, 0.717) is 12.1 Å². The van der Waals surface area contributed by atoms with Gasteiger partial charge < -0.3 is 10.5 Å². The minimum Gasteiger partial charge on any atom is -0.428 e. The number of benzene rings is 1. The van der Waals surface area contributed by atoms with Crippen molar-refractivity contribution in [3.8, 4) is 5.75 Å². The van der Waals surface area contributed by atoms with Crippen molar-refractivity contribution in [3.05, 3.63) is 29.3 Å². The molecule has 0 atom stereocenters. The first-order valence-electron chi connectivity index (χ1n) is 3.97. The molecule has 1 aromatic carbocycles. The Bertz CT molecular complexity index is 428. The Balaban J connectivity index is 3.28. The maximum Gasteiger partial charge on any atom is 0.416 e. The third kappa shape index (κ3) is 2.50. The predicted octanol–water partition coefficient (Wildman–Crippen LogP) is 1.34. The summed E-state index contributed by atoms with van der Waals surface area (Å²) in [5.41, 5.74) is 3.31. The highest BCUT2D eigenvalue weighted by atomic mass is 19.4. The van der Waals surface area contributed by atoms with E-state index < -0.39 is 23.2 Å². The number of alkyl halides is 3. The molecule has 4 nitrogen and oxygen atoms in total. The summed E-state index contributed by atoms with van der Waals surface area (Å²) in [5.74, 6) is -1.42. The van der Waals surface area contributed by atoms with Crippen LogP contribution in [0.15, 0.2) is 18.2 Å². The summed E-state index contributed by atoms with van der Waals surface area (Å²) < 4.78 is 41.2. The van der Waals surface area contributed by atoms with E-state index in [-0.39, 0.29) is 12.2 Å². The van der Waals surface area contributed by atoms with Gasteiger partial charge in [0.2, 0.25) is 0 Å². The number of nitrogens with two attached hydrogens (primary N) is 1. The number of halogens is 3. The zero-order valence-corrected chi connectivity index (χ0v) is 7.75. The Kier molecular flexibility index (Phi) is 3.17. The Morgan fingerprint density at radius 3 is 2.44 bits per heavy atom. The molecule has 0 saturated heterocycles. The second kappa shape index (κ2) is 4.21. The molecule has 0 saturated carbocycles. The van der Waals surface area contributed by atoms with Crippen molar-refractivity contribution in [1.29, 1.82) is 0 Å². The average molecular weight is 233 g/mol. The molecule has 2 N–H and O–H groups in total. The van der Waals surface area contributed by atoms with Crippen LogP contribution in [0.3, 0.4) is 0 Å². The van der Waals surface area contributed by atoms with E-state index in [0.717, 1.165) is 6.07 Å². The molecule has 0 aromatic heterocycles. The van der Waals surface area contributed by atoms with E-state index in [2.05, 4.69) is 4.74 Å². The summed E-state index contributed by atoms with van der Waals surface area (Å²) >= 11 is 0. The van der Waals surface area contributed by atoms with E-state index in [4.69, 9.17) is 5.73 Å². The highest BCUT2D eigenvalue weighted by Gasteiger charge is 2.31. The lowest BCUT2D eigenvalue weighted by Gasteiger charge is -2.09. The second-order valence-corrected chi connectivity index (χ2v) is 2.79. The van der Waals surface area contributed by atoms with Crippen LogP contribution in [0.1, 0.15) is 15.9 Å². The van der Waals surface area contributed by atoms with Crippen LogP contribution in [0, 0.1) is 0 Å². The van der Waals surface area contributed by atoms with Crippen LogP contribution in [-0.2, 0) is 11.0 Å². The molecular weight excluding hydrogens is 227 g/mol. The molecule has 7 heteroatoms. The molecular formula is C9H6F3NO3. The van der Waals surface area contributed by atoms with Gasteiger partial charge in [0, 0.05) is 0 Å². The maximum atomic E-state index is 12.3. The first-order chi connectivity index (χ1) is 7.36. The molecule has 1 aromatic rings. The van der Waals surface area contributed by atoms with Gasteiger partial charge in [0.05, 0.1) is 11.1 Å². The molecule has 0 bridgehead atoms. The Morgan fingerprint density at radius 1 is 1.38 bits per heavy atom. The molecule has 1 amide bonds. The number of carbonyl (C=O) groups excluding carboxylic acids is 2. The number of amides is 1. The van der Waals surface area contributed by atoms with E-state index >= 15 is 0 Å². The fourth-order valence-corrected chi connectivity index (χ4v) is 1.05. The number of carbonyl (C=O) groups is 2. The molecule has 0 aliphatic rings. The molecule has 1 rings (SSSR count). The van der Waals surface area contributed by atoms with Gasteiger partial charge in [-0.3, -0.25) is 9.59 Å². The number of hydrogen-bond acceptors (Lipinski definition) is 3. The molecule has 0 radical (unpaired) electrons. The SMILES string of the molecule is NC(=O)c1cc(C(F)(F)F)ccc1OC=O. The first-order valence-corrected chi connectivity index (χ1v) is 3.97. The normalized spacial score (nSPS) is 10.9. The number of primary amides is 1.